The molecule has 0 spiro atoms. The van der Waals surface area contributed by atoms with Gasteiger partial charge in [-0.15, -0.1) is 0 Å². The van der Waals surface area contributed by atoms with E-state index in [1.165, 1.54) is 12.7 Å². The maximum absolute atomic E-state index is 12.5. The fourth-order valence-electron chi connectivity index (χ4n) is 4.20. The lowest BCUT2D eigenvalue weighted by Gasteiger charge is -2.32. The molecule has 0 bridgehead atoms. The van der Waals surface area contributed by atoms with Gasteiger partial charge in [-0.05, 0) is 57.1 Å². The van der Waals surface area contributed by atoms with Gasteiger partial charge in [-0.2, -0.15) is 5.90 Å². The number of hydrogen-bond acceptors (Lipinski definition) is 5. The molecule has 0 aliphatic heterocycles. The largest absolute Gasteiger partial charge is 0.507 e. The van der Waals surface area contributed by atoms with E-state index in [4.69, 9.17) is 10.6 Å². The lowest BCUT2D eigenvalue weighted by Crippen LogP contribution is -2.20. The number of phenols is 1. The Hall–Kier alpha value is -2.27. The van der Waals surface area contributed by atoms with E-state index >= 15 is 0 Å². The Kier molecular flexibility index (Phi) is 10.7. The van der Waals surface area contributed by atoms with Crippen molar-refractivity contribution in [2.45, 2.75) is 79.1 Å². The van der Waals surface area contributed by atoms with Crippen molar-refractivity contribution < 1.29 is 19.5 Å². The molecule has 1 aromatic rings. The van der Waals surface area contributed by atoms with Crippen molar-refractivity contribution in [2.24, 2.45) is 11.8 Å². The third-order valence-electron chi connectivity index (χ3n) is 5.66. The van der Waals surface area contributed by atoms with Crippen LogP contribution in [0.4, 0.5) is 0 Å². The average Bonchev–Trinajstić information content (AvgIpc) is 2.73. The Morgan fingerprint density at radius 1 is 1.33 bits per heavy atom. The summed E-state index contributed by atoms with van der Waals surface area (Å²) in [5, 5.41) is 11.0. The summed E-state index contributed by atoms with van der Waals surface area (Å²) in [6.07, 6.45) is 7.72. The first-order valence-electron chi connectivity index (χ1n) is 11.0. The fraction of sp³-hybridized carbons (Fsp3) is 0.560. The molecule has 2 atom stereocenters. The number of aromatic hydroxyl groups is 1. The molecule has 0 radical (unpaired) electrons. The molecule has 0 saturated carbocycles. The maximum Gasteiger partial charge on any atom is 0.360 e. The van der Waals surface area contributed by atoms with Gasteiger partial charge < -0.3 is 14.7 Å². The first-order chi connectivity index (χ1) is 14.3. The number of hydrogen-bond donors (Lipinski definition) is 2. The number of ether oxygens (including phenoxy) is 1. The summed E-state index contributed by atoms with van der Waals surface area (Å²) in [4.78, 5) is 17.1. The van der Waals surface area contributed by atoms with Gasteiger partial charge in [0.2, 0.25) is 0 Å². The lowest BCUT2D eigenvalue weighted by atomic mass is 9.73. The molecule has 30 heavy (non-hydrogen) atoms. The molecule has 2 rings (SSSR count). The fourth-order valence-corrected chi connectivity index (χ4v) is 4.20. The number of aryl methyl sites for hydroxylation is 1. The molecular formula is C25H39NO4. The number of allylic oxidation sites excluding steroid dienone is 3. The second-order valence-corrected chi connectivity index (χ2v) is 7.77. The van der Waals surface area contributed by atoms with Gasteiger partial charge in [0, 0.05) is 11.5 Å². The Bertz CT molecular complexity index is 767. The van der Waals surface area contributed by atoms with Crippen LogP contribution in [0.1, 0.15) is 94.1 Å². The van der Waals surface area contributed by atoms with Gasteiger partial charge >= 0.3 is 5.97 Å². The Balaban J connectivity index is 0.00000218. The Labute approximate surface area is 181 Å². The van der Waals surface area contributed by atoms with Crippen LogP contribution >= 0.6 is 0 Å². The second kappa shape index (κ2) is 12.4. The van der Waals surface area contributed by atoms with Crippen molar-refractivity contribution >= 4 is 5.97 Å². The van der Waals surface area contributed by atoms with E-state index in [0.717, 1.165) is 37.7 Å². The smallest absolute Gasteiger partial charge is 0.360 e. The van der Waals surface area contributed by atoms with E-state index in [0.29, 0.717) is 28.9 Å². The third-order valence-corrected chi connectivity index (χ3v) is 5.66. The van der Waals surface area contributed by atoms with Crippen LogP contribution in [-0.4, -0.2) is 18.2 Å². The molecule has 3 N–H and O–H groups in total. The van der Waals surface area contributed by atoms with E-state index in [9.17, 15) is 9.90 Å². The molecule has 0 aromatic heterocycles. The first kappa shape index (κ1) is 25.8. The van der Waals surface area contributed by atoms with Crippen LogP contribution in [0.2, 0.25) is 0 Å². The zero-order valence-electron chi connectivity index (χ0n) is 19.5. The van der Waals surface area contributed by atoms with E-state index in [1.54, 1.807) is 6.07 Å². The van der Waals surface area contributed by atoms with Crippen molar-refractivity contribution in [3.63, 3.8) is 0 Å². The topological polar surface area (TPSA) is 81.8 Å². The quantitative estimate of drug-likeness (QED) is 0.299. The van der Waals surface area contributed by atoms with Crippen molar-refractivity contribution in [3.05, 3.63) is 46.6 Å². The molecule has 5 heteroatoms. The zero-order chi connectivity index (χ0) is 22.8. The third kappa shape index (κ3) is 5.88. The summed E-state index contributed by atoms with van der Waals surface area (Å²) >= 11 is 0. The number of unbranched alkanes of at least 4 members (excludes halogenated alkanes) is 2. The van der Waals surface area contributed by atoms with Gasteiger partial charge in [-0.25, -0.2) is 4.79 Å². The van der Waals surface area contributed by atoms with Gasteiger partial charge in [0.15, 0.2) is 0 Å². The standard InChI is InChI=1S/C23H33NO4.C2H6/c1-6-7-8-9-16-13-19(25)21(22(27-5)20(16)23(26)28-24)18-12-15(4)10-11-17(18)14(2)3;1-2/h12-13,17-18,25H,2,6-11,24H2,1,3-5H3;1-2H3. The molecular weight excluding hydrogens is 378 g/mol. The molecule has 0 saturated heterocycles. The highest BCUT2D eigenvalue weighted by Crippen LogP contribution is 2.48. The van der Waals surface area contributed by atoms with Gasteiger partial charge in [0.05, 0.1) is 7.11 Å². The van der Waals surface area contributed by atoms with Crippen LogP contribution in [-0.2, 0) is 11.3 Å². The molecule has 5 nitrogen and oxygen atoms in total. The van der Waals surface area contributed by atoms with E-state index < -0.39 is 5.97 Å². The molecule has 1 aliphatic rings. The van der Waals surface area contributed by atoms with Gasteiger partial charge in [0.1, 0.15) is 17.1 Å². The summed E-state index contributed by atoms with van der Waals surface area (Å²) in [7, 11) is 1.51. The number of nitrogens with two attached hydrogens (primary N) is 1. The van der Waals surface area contributed by atoms with Crippen LogP contribution < -0.4 is 10.6 Å². The minimum Gasteiger partial charge on any atom is -0.507 e. The Morgan fingerprint density at radius 2 is 2.00 bits per heavy atom. The number of carbonyl (C=O) groups excluding carboxylic acids is 1. The minimum absolute atomic E-state index is 0.116. The normalized spacial score (nSPS) is 18.0. The number of benzene rings is 1. The molecule has 0 heterocycles. The predicted octanol–water partition coefficient (Wildman–Crippen LogP) is 6.21. The summed E-state index contributed by atoms with van der Waals surface area (Å²) < 4.78 is 5.67. The van der Waals surface area contributed by atoms with Crippen LogP contribution in [0.15, 0.2) is 29.9 Å². The molecule has 0 amide bonds. The summed E-state index contributed by atoms with van der Waals surface area (Å²) in [5.41, 5.74) is 3.91. The van der Waals surface area contributed by atoms with Crippen LogP contribution in [0.25, 0.3) is 0 Å². The van der Waals surface area contributed by atoms with Crippen LogP contribution in [0.5, 0.6) is 11.5 Å². The second-order valence-electron chi connectivity index (χ2n) is 7.77. The van der Waals surface area contributed by atoms with E-state index in [2.05, 4.69) is 31.3 Å². The van der Waals surface area contributed by atoms with Gasteiger partial charge in [-0.3, -0.25) is 0 Å². The number of phenolic OH excluding ortho intramolecular Hbond substituents is 1. The summed E-state index contributed by atoms with van der Waals surface area (Å²) in [6, 6.07) is 1.67. The zero-order valence-corrected chi connectivity index (χ0v) is 19.5. The SMILES string of the molecule is C=C(C)C1CCC(C)=CC1c1c(O)cc(CCCCC)c(C(=O)ON)c1OC.CC. The van der Waals surface area contributed by atoms with Crippen molar-refractivity contribution in [1.29, 1.82) is 0 Å². The maximum atomic E-state index is 12.5. The minimum atomic E-state index is -0.645. The van der Waals surface area contributed by atoms with Crippen molar-refractivity contribution in [3.8, 4) is 11.5 Å². The highest BCUT2D eigenvalue weighted by molar-refractivity contribution is 5.95. The number of rotatable bonds is 8. The molecule has 1 aromatic carbocycles. The van der Waals surface area contributed by atoms with Crippen molar-refractivity contribution in [2.75, 3.05) is 7.11 Å². The first-order valence-corrected chi connectivity index (χ1v) is 11.0. The van der Waals surface area contributed by atoms with Gasteiger partial charge in [0.25, 0.3) is 0 Å². The van der Waals surface area contributed by atoms with Gasteiger partial charge in [-0.1, -0.05) is 57.4 Å². The lowest BCUT2D eigenvalue weighted by molar-refractivity contribution is 0.0498. The highest BCUT2D eigenvalue weighted by Gasteiger charge is 2.34. The Morgan fingerprint density at radius 3 is 2.53 bits per heavy atom. The molecule has 0 fully saturated rings. The monoisotopic (exact) mass is 417 g/mol. The van der Waals surface area contributed by atoms with Crippen LogP contribution in [0, 0.1) is 5.92 Å². The molecule has 168 valence electrons. The summed E-state index contributed by atoms with van der Waals surface area (Å²) in [6.45, 7) is 14.3. The molecule has 1 aliphatic carbocycles. The average molecular weight is 418 g/mol. The number of carbonyl (C=O) groups is 1. The molecule has 2 unspecified atom stereocenters. The highest BCUT2D eigenvalue weighted by atomic mass is 16.7. The van der Waals surface area contributed by atoms with E-state index in [1.807, 2.05) is 20.8 Å². The van der Waals surface area contributed by atoms with E-state index in [-0.39, 0.29) is 17.6 Å². The van der Waals surface area contributed by atoms with Crippen LogP contribution in [0.3, 0.4) is 0 Å². The summed E-state index contributed by atoms with van der Waals surface area (Å²) in [5.74, 6) is 5.11. The number of methoxy groups -OCH3 is 1. The van der Waals surface area contributed by atoms with Crippen molar-refractivity contribution in [1.82, 2.24) is 0 Å². The predicted molar refractivity (Wildman–Crippen MR) is 123 cm³/mol.